The first kappa shape index (κ1) is 36.5. The van der Waals surface area contributed by atoms with Crippen LogP contribution in [0.25, 0.3) is 11.4 Å². The monoisotopic (exact) mass is 626 g/mol. The van der Waals surface area contributed by atoms with Gasteiger partial charge in [-0.05, 0) is 30.7 Å². The van der Waals surface area contributed by atoms with Crippen LogP contribution in [0.15, 0.2) is 24.3 Å². The SMILES string of the molecule is Cc1nnc(-c2ccc(CCC(=O)C3O[C@@H](O[C@@H]4C(C(=O)[O-])O[C@@H](C(C)C)C(O)[C@@H]4O)C(O)[C@H](O)[C@@H]3C(C)C)cc2)nn1.[Na+]. The fourth-order valence-corrected chi connectivity index (χ4v) is 5.60. The number of benzene rings is 1. The normalized spacial score (nSPS) is 32.3. The molecular formula is C29H39N4NaO10. The van der Waals surface area contributed by atoms with Gasteiger partial charge in [-0.3, -0.25) is 4.79 Å². The van der Waals surface area contributed by atoms with E-state index in [1.54, 1.807) is 46.8 Å². The Kier molecular flexibility index (Phi) is 12.9. The molecule has 4 unspecified atom stereocenters. The maximum Gasteiger partial charge on any atom is 1.00 e. The van der Waals surface area contributed by atoms with Gasteiger partial charge < -0.3 is 44.5 Å². The predicted molar refractivity (Wildman–Crippen MR) is 146 cm³/mol. The smallest absolute Gasteiger partial charge is 0.547 e. The number of hydrogen-bond donors (Lipinski definition) is 4. The third kappa shape index (κ3) is 8.05. The number of Topliss-reactive ketones (excluding diaryl/α,β-unsaturated/α-hetero) is 1. The largest absolute Gasteiger partial charge is 1.00 e. The van der Waals surface area contributed by atoms with Crippen molar-refractivity contribution in [2.45, 2.75) is 103 Å². The topological polar surface area (TPSA) is 217 Å². The average Bonchev–Trinajstić information content (AvgIpc) is 2.96. The Morgan fingerprint density at radius 1 is 0.864 bits per heavy atom. The maximum absolute atomic E-state index is 13.5. The number of aliphatic carboxylic acids is 1. The summed E-state index contributed by atoms with van der Waals surface area (Å²) in [5, 5.41) is 70.9. The molecule has 1 aromatic carbocycles. The van der Waals surface area contributed by atoms with Crippen molar-refractivity contribution in [2.24, 2.45) is 17.8 Å². The Morgan fingerprint density at radius 2 is 1.48 bits per heavy atom. The van der Waals surface area contributed by atoms with Gasteiger partial charge in [0.15, 0.2) is 17.9 Å². The number of nitrogens with zero attached hydrogens (tertiary/aromatic N) is 4. The third-order valence-electron chi connectivity index (χ3n) is 8.00. The molecule has 14 nitrogen and oxygen atoms in total. The van der Waals surface area contributed by atoms with E-state index in [2.05, 4.69) is 20.4 Å². The molecule has 0 spiro atoms. The Balaban J connectivity index is 0.00000529. The molecule has 15 heteroatoms. The number of carbonyl (C=O) groups excluding carboxylic acids is 2. The number of ketones is 1. The van der Waals surface area contributed by atoms with E-state index in [1.165, 1.54) is 0 Å². The summed E-state index contributed by atoms with van der Waals surface area (Å²) in [6.45, 7) is 8.59. The van der Waals surface area contributed by atoms with E-state index in [1.807, 2.05) is 12.1 Å². The number of carboxylic acids is 1. The summed E-state index contributed by atoms with van der Waals surface area (Å²) in [6.07, 6.45) is -13.5. The molecule has 2 aromatic rings. The van der Waals surface area contributed by atoms with Crippen molar-refractivity contribution >= 4 is 11.8 Å². The number of aryl methyl sites for hydroxylation is 2. The Hall–Kier alpha value is -1.98. The number of rotatable bonds is 10. The molecule has 2 saturated heterocycles. The van der Waals surface area contributed by atoms with E-state index in [4.69, 9.17) is 14.2 Å². The van der Waals surface area contributed by atoms with Crippen molar-refractivity contribution in [1.82, 2.24) is 20.4 Å². The van der Waals surface area contributed by atoms with Crippen molar-refractivity contribution in [2.75, 3.05) is 0 Å². The second-order valence-corrected chi connectivity index (χ2v) is 11.8. The number of aromatic nitrogens is 4. The molecule has 0 radical (unpaired) electrons. The van der Waals surface area contributed by atoms with Crippen LogP contribution >= 0.6 is 0 Å². The predicted octanol–water partition coefficient (Wildman–Crippen LogP) is -4.25. The first-order valence-corrected chi connectivity index (χ1v) is 14.4. The standard InChI is InChI=1S/C29H40N4O10.Na/c1-12(2)18-19(35)22(38)29(43-25-21(37)20(36)23(13(3)4)41-26(25)28(39)40)42-24(18)17(34)11-8-15-6-9-16(10-7-15)27-32-30-14(5)31-33-27;/h6-7,9-10,12-13,18-26,29,35-38H,8,11H2,1-5H3,(H,39,40);/q;+1/p-1/t18-,19+,20?,21-,22?,23-,24?,25-,26?,29-;/m0./s1. The van der Waals surface area contributed by atoms with Crippen LogP contribution in [0.4, 0.5) is 0 Å². The quantitative estimate of drug-likeness (QED) is 0.184. The van der Waals surface area contributed by atoms with E-state index in [0.717, 1.165) is 5.56 Å². The molecule has 236 valence electrons. The average molecular weight is 627 g/mol. The zero-order valence-corrected chi connectivity index (χ0v) is 27.7. The number of carboxylic acid groups (broad SMARTS) is 1. The van der Waals surface area contributed by atoms with E-state index >= 15 is 0 Å². The van der Waals surface area contributed by atoms with Crippen LogP contribution in [-0.2, 0) is 30.2 Å². The van der Waals surface area contributed by atoms with Crippen LogP contribution in [0.5, 0.6) is 0 Å². The molecule has 2 fully saturated rings. The van der Waals surface area contributed by atoms with E-state index in [0.29, 0.717) is 23.6 Å². The summed E-state index contributed by atoms with van der Waals surface area (Å²) in [6, 6.07) is 7.21. The van der Waals surface area contributed by atoms with Gasteiger partial charge in [0.25, 0.3) is 0 Å². The minimum absolute atomic E-state index is 0. The van der Waals surface area contributed by atoms with Crippen molar-refractivity contribution in [3.63, 3.8) is 0 Å². The van der Waals surface area contributed by atoms with Gasteiger partial charge >= 0.3 is 29.6 Å². The summed E-state index contributed by atoms with van der Waals surface area (Å²) >= 11 is 0. The van der Waals surface area contributed by atoms with E-state index < -0.39 is 67.0 Å². The number of carbonyl (C=O) groups is 2. The molecule has 0 amide bonds. The summed E-state index contributed by atoms with van der Waals surface area (Å²) in [5.74, 6) is -2.69. The molecule has 10 atom stereocenters. The van der Waals surface area contributed by atoms with Crippen LogP contribution in [0.1, 0.15) is 45.5 Å². The molecule has 4 rings (SSSR count). The Labute approximate surface area is 277 Å². The van der Waals surface area contributed by atoms with Crippen LogP contribution in [0.2, 0.25) is 0 Å². The number of aliphatic hydroxyl groups excluding tert-OH is 4. The summed E-state index contributed by atoms with van der Waals surface area (Å²) in [5.41, 5.74) is 1.54. The van der Waals surface area contributed by atoms with Gasteiger partial charge in [0.05, 0.1) is 18.2 Å². The van der Waals surface area contributed by atoms with Gasteiger partial charge in [0, 0.05) is 17.9 Å². The van der Waals surface area contributed by atoms with Crippen molar-refractivity contribution in [3.8, 4) is 11.4 Å². The van der Waals surface area contributed by atoms with Gasteiger partial charge in [-0.25, -0.2) is 0 Å². The van der Waals surface area contributed by atoms with Crippen molar-refractivity contribution < 1.29 is 78.9 Å². The van der Waals surface area contributed by atoms with Crippen LogP contribution in [0, 0.1) is 24.7 Å². The van der Waals surface area contributed by atoms with Gasteiger partial charge in [0.2, 0.25) is 5.82 Å². The number of hydrogen-bond acceptors (Lipinski definition) is 14. The Morgan fingerprint density at radius 3 is 2.02 bits per heavy atom. The second-order valence-electron chi connectivity index (χ2n) is 11.8. The molecule has 0 bridgehead atoms. The maximum atomic E-state index is 13.5. The molecule has 44 heavy (non-hydrogen) atoms. The van der Waals surface area contributed by atoms with Gasteiger partial charge in [-0.2, -0.15) is 0 Å². The minimum atomic E-state index is -1.81. The number of aliphatic hydroxyl groups is 4. The molecule has 2 aliphatic rings. The van der Waals surface area contributed by atoms with Crippen molar-refractivity contribution in [1.29, 1.82) is 0 Å². The third-order valence-corrected chi connectivity index (χ3v) is 8.00. The van der Waals surface area contributed by atoms with Gasteiger partial charge in [0.1, 0.15) is 36.6 Å². The molecule has 0 aliphatic carbocycles. The van der Waals surface area contributed by atoms with Crippen LogP contribution in [0.3, 0.4) is 0 Å². The van der Waals surface area contributed by atoms with Crippen molar-refractivity contribution in [3.05, 3.63) is 35.7 Å². The van der Waals surface area contributed by atoms with E-state index in [9.17, 15) is 35.1 Å². The fraction of sp³-hybridized carbons (Fsp3) is 0.655. The molecule has 2 aliphatic heterocycles. The van der Waals surface area contributed by atoms with Gasteiger partial charge in [-0.1, -0.05) is 52.0 Å². The fourth-order valence-electron chi connectivity index (χ4n) is 5.60. The zero-order chi connectivity index (χ0) is 31.6. The summed E-state index contributed by atoms with van der Waals surface area (Å²) in [4.78, 5) is 25.4. The molecule has 4 N–H and O–H groups in total. The first-order valence-electron chi connectivity index (χ1n) is 14.4. The second kappa shape index (κ2) is 15.5. The van der Waals surface area contributed by atoms with Crippen LogP contribution in [-0.4, -0.2) is 108 Å². The first-order chi connectivity index (χ1) is 20.3. The molecule has 0 saturated carbocycles. The minimum Gasteiger partial charge on any atom is -0.547 e. The van der Waals surface area contributed by atoms with Crippen LogP contribution < -0.4 is 34.7 Å². The zero-order valence-electron chi connectivity index (χ0n) is 25.7. The van der Waals surface area contributed by atoms with Gasteiger partial charge in [-0.15, -0.1) is 20.4 Å². The molecule has 1 aromatic heterocycles. The molecule has 3 heterocycles. The summed E-state index contributed by atoms with van der Waals surface area (Å²) < 4.78 is 17.1. The number of ether oxygens (including phenoxy) is 3. The summed E-state index contributed by atoms with van der Waals surface area (Å²) in [7, 11) is 0. The van der Waals surface area contributed by atoms with E-state index in [-0.39, 0.29) is 53.6 Å². The Bertz CT molecular complexity index is 1250. The molecular weight excluding hydrogens is 587 g/mol.